The lowest BCUT2D eigenvalue weighted by atomic mass is 9.91. The number of likely N-dealkylation sites (tertiary alicyclic amines) is 1. The maximum Gasteiger partial charge on any atom is 0.490 e. The molecule has 0 aromatic heterocycles. The number of amides is 1. The van der Waals surface area contributed by atoms with Crippen LogP contribution in [0.25, 0.3) is 0 Å². The summed E-state index contributed by atoms with van der Waals surface area (Å²) in [4.78, 5) is 23.6. The number of nitrogens with one attached hydrogen (secondary N) is 1. The lowest BCUT2D eigenvalue weighted by Gasteiger charge is -2.33. The molecule has 1 aromatic rings. The average Bonchev–Trinajstić information content (AvgIpc) is 2.94. The fraction of sp³-hybridized carbons (Fsp3) is 0.600. The summed E-state index contributed by atoms with van der Waals surface area (Å²) in [6.07, 6.45) is -0.830. The van der Waals surface area contributed by atoms with Gasteiger partial charge in [0.2, 0.25) is 5.91 Å². The third-order valence-electron chi connectivity index (χ3n) is 5.62. The second-order valence-corrected chi connectivity index (χ2v) is 7.86. The van der Waals surface area contributed by atoms with Crippen LogP contribution < -0.4 is 5.32 Å². The zero-order valence-corrected chi connectivity index (χ0v) is 16.2. The number of nitrogens with zero attached hydrogens (tertiary/aromatic N) is 1. The molecule has 166 valence electrons. The number of ether oxygens (including phenoxy) is 1. The van der Waals surface area contributed by atoms with E-state index in [9.17, 15) is 22.4 Å². The van der Waals surface area contributed by atoms with Crippen molar-refractivity contribution in [1.82, 2.24) is 10.2 Å². The molecule has 2 heterocycles. The number of hydrogen-bond acceptors (Lipinski definition) is 4. The second kappa shape index (κ2) is 9.30. The van der Waals surface area contributed by atoms with Crippen molar-refractivity contribution in [2.45, 2.75) is 56.7 Å². The van der Waals surface area contributed by atoms with E-state index in [2.05, 4.69) is 10.2 Å². The second-order valence-electron chi connectivity index (χ2n) is 7.86. The number of carboxylic acid groups (broad SMARTS) is 1. The van der Waals surface area contributed by atoms with E-state index >= 15 is 0 Å². The van der Waals surface area contributed by atoms with Crippen LogP contribution in [0.3, 0.4) is 0 Å². The maximum atomic E-state index is 13.8. The van der Waals surface area contributed by atoms with E-state index in [0.717, 1.165) is 25.8 Å². The number of aliphatic carboxylic acids is 1. The molecule has 10 heteroatoms. The van der Waals surface area contributed by atoms with Crippen LogP contribution in [0.5, 0.6) is 0 Å². The van der Waals surface area contributed by atoms with Gasteiger partial charge in [0, 0.05) is 31.2 Å². The van der Waals surface area contributed by atoms with Gasteiger partial charge in [-0.05, 0) is 31.7 Å². The number of carboxylic acids is 1. The predicted molar refractivity (Wildman–Crippen MR) is 97.9 cm³/mol. The average molecular weight is 432 g/mol. The molecule has 0 spiro atoms. The molecule has 0 radical (unpaired) electrons. The summed E-state index contributed by atoms with van der Waals surface area (Å²) < 4.78 is 51.5. The number of morpholine rings is 1. The molecule has 30 heavy (non-hydrogen) atoms. The van der Waals surface area contributed by atoms with Crippen LogP contribution in [-0.2, 0) is 20.9 Å². The van der Waals surface area contributed by atoms with E-state index in [-0.39, 0.29) is 29.9 Å². The molecule has 6 nitrogen and oxygen atoms in total. The van der Waals surface area contributed by atoms with Gasteiger partial charge in [0.05, 0.1) is 18.1 Å². The van der Waals surface area contributed by atoms with Gasteiger partial charge < -0.3 is 15.2 Å². The highest BCUT2D eigenvalue weighted by Crippen LogP contribution is 2.33. The normalized spacial score (nSPS) is 26.3. The largest absolute Gasteiger partial charge is 0.490 e. The Morgan fingerprint density at radius 2 is 1.87 bits per heavy atom. The standard InChI is InChI=1S/C18H23FN2O2.C2HF3O2/c19-16-7-2-1-4-12(16)9-21-10-14-8-15(17(11-21)23-14)18(22)20-13-5-3-6-13;3-2(4,5)1(6)7/h1-2,4,7,13-15,17H,3,5-6,8-11H2,(H,20,22);(H,6,7)/t14-,15+,17-;/m1./s1. The van der Waals surface area contributed by atoms with Crippen LogP contribution in [-0.4, -0.2) is 59.4 Å². The number of carbonyl (C=O) groups is 2. The molecule has 1 saturated carbocycles. The molecule has 4 rings (SSSR count). The van der Waals surface area contributed by atoms with Gasteiger partial charge in [0.15, 0.2) is 0 Å². The summed E-state index contributed by atoms with van der Waals surface area (Å²) in [6.45, 7) is 2.06. The fourth-order valence-corrected chi connectivity index (χ4v) is 3.87. The van der Waals surface area contributed by atoms with Crippen molar-refractivity contribution in [3.8, 4) is 0 Å². The third kappa shape index (κ3) is 5.69. The molecule has 2 bridgehead atoms. The predicted octanol–water partition coefficient (Wildman–Crippen LogP) is 2.72. The van der Waals surface area contributed by atoms with Crippen molar-refractivity contribution in [3.63, 3.8) is 0 Å². The van der Waals surface area contributed by atoms with Gasteiger partial charge in [-0.1, -0.05) is 18.2 Å². The van der Waals surface area contributed by atoms with Gasteiger partial charge in [-0.2, -0.15) is 13.2 Å². The number of fused-ring (bicyclic) bond motifs is 2. The monoisotopic (exact) mass is 432 g/mol. The van der Waals surface area contributed by atoms with Gasteiger partial charge >= 0.3 is 12.1 Å². The quantitative estimate of drug-likeness (QED) is 0.716. The molecule has 1 aliphatic carbocycles. The fourth-order valence-electron chi connectivity index (χ4n) is 3.87. The SMILES string of the molecule is O=C(NC1CCC1)[C@H]1C[C@@H]2CN(Cc3ccccc3F)C[C@H]1O2.O=C(O)C(F)(F)F. The van der Waals surface area contributed by atoms with Crippen molar-refractivity contribution in [2.75, 3.05) is 13.1 Å². The third-order valence-corrected chi connectivity index (χ3v) is 5.62. The first-order valence-corrected chi connectivity index (χ1v) is 9.85. The lowest BCUT2D eigenvalue weighted by molar-refractivity contribution is -0.192. The zero-order valence-electron chi connectivity index (χ0n) is 16.2. The van der Waals surface area contributed by atoms with Gasteiger partial charge in [-0.3, -0.25) is 9.69 Å². The molecule has 3 fully saturated rings. The van der Waals surface area contributed by atoms with E-state index in [0.29, 0.717) is 24.7 Å². The van der Waals surface area contributed by atoms with E-state index in [1.54, 1.807) is 6.07 Å². The summed E-state index contributed by atoms with van der Waals surface area (Å²) in [5.41, 5.74) is 0.712. The summed E-state index contributed by atoms with van der Waals surface area (Å²) in [5, 5.41) is 10.3. The first-order valence-electron chi connectivity index (χ1n) is 9.85. The Kier molecular flexibility index (Phi) is 6.97. The number of rotatable bonds is 4. The zero-order chi connectivity index (χ0) is 21.9. The maximum absolute atomic E-state index is 13.8. The van der Waals surface area contributed by atoms with Crippen LogP contribution >= 0.6 is 0 Å². The van der Waals surface area contributed by atoms with E-state index in [1.165, 1.54) is 12.5 Å². The topological polar surface area (TPSA) is 78.9 Å². The highest BCUT2D eigenvalue weighted by Gasteiger charge is 2.45. The molecular weight excluding hydrogens is 408 g/mol. The first-order chi connectivity index (χ1) is 14.1. The summed E-state index contributed by atoms with van der Waals surface area (Å²) in [7, 11) is 0. The van der Waals surface area contributed by atoms with Crippen molar-refractivity contribution in [1.29, 1.82) is 0 Å². The van der Waals surface area contributed by atoms with Crippen molar-refractivity contribution < 1.29 is 37.0 Å². The van der Waals surface area contributed by atoms with E-state index in [1.807, 2.05) is 12.1 Å². The minimum Gasteiger partial charge on any atom is -0.475 e. The Morgan fingerprint density at radius 3 is 2.43 bits per heavy atom. The lowest BCUT2D eigenvalue weighted by Crippen LogP contribution is -2.47. The number of benzene rings is 1. The van der Waals surface area contributed by atoms with Crippen LogP contribution in [0.2, 0.25) is 0 Å². The first kappa shape index (κ1) is 22.5. The number of hydrogen-bond donors (Lipinski definition) is 2. The van der Waals surface area contributed by atoms with Crippen LogP contribution in [0, 0.1) is 11.7 Å². The Hall–Kier alpha value is -2.20. The Balaban J connectivity index is 0.000000318. The van der Waals surface area contributed by atoms with Crippen LogP contribution in [0.4, 0.5) is 17.6 Å². The summed E-state index contributed by atoms with van der Waals surface area (Å²) in [5.74, 6) is -2.82. The molecule has 3 atom stereocenters. The molecule has 2 N–H and O–H groups in total. The van der Waals surface area contributed by atoms with E-state index in [4.69, 9.17) is 14.6 Å². The number of carbonyl (C=O) groups excluding carboxylic acids is 1. The molecule has 1 amide bonds. The van der Waals surface area contributed by atoms with Crippen LogP contribution in [0.15, 0.2) is 24.3 Å². The highest BCUT2D eigenvalue weighted by atomic mass is 19.4. The Morgan fingerprint density at radius 1 is 1.20 bits per heavy atom. The molecule has 0 unspecified atom stereocenters. The molecule has 2 aliphatic heterocycles. The van der Waals surface area contributed by atoms with Crippen molar-refractivity contribution in [3.05, 3.63) is 35.6 Å². The molecule has 3 aliphatic rings. The Labute approximate surface area is 171 Å². The van der Waals surface area contributed by atoms with Crippen molar-refractivity contribution in [2.24, 2.45) is 5.92 Å². The highest BCUT2D eigenvalue weighted by molar-refractivity contribution is 5.80. The van der Waals surface area contributed by atoms with Crippen molar-refractivity contribution >= 4 is 11.9 Å². The minimum absolute atomic E-state index is 0.0498. The summed E-state index contributed by atoms with van der Waals surface area (Å²) in [6, 6.07) is 7.27. The van der Waals surface area contributed by atoms with Crippen LogP contribution in [0.1, 0.15) is 31.2 Å². The molecule has 2 saturated heterocycles. The Bertz CT molecular complexity index is 769. The van der Waals surface area contributed by atoms with E-state index < -0.39 is 12.1 Å². The number of halogens is 4. The number of alkyl halides is 3. The van der Waals surface area contributed by atoms with Gasteiger partial charge in [0.1, 0.15) is 5.82 Å². The smallest absolute Gasteiger partial charge is 0.475 e. The van der Waals surface area contributed by atoms with Gasteiger partial charge in [-0.15, -0.1) is 0 Å². The molecular formula is C20H24F4N2O4. The van der Waals surface area contributed by atoms with Gasteiger partial charge in [0.25, 0.3) is 0 Å². The minimum atomic E-state index is -5.08. The molecule has 1 aromatic carbocycles. The van der Waals surface area contributed by atoms with Gasteiger partial charge in [-0.25, -0.2) is 9.18 Å². The summed E-state index contributed by atoms with van der Waals surface area (Å²) >= 11 is 0.